The van der Waals surface area contributed by atoms with Crippen molar-refractivity contribution in [3.05, 3.63) is 24.0 Å². The average molecular weight is 354 g/mol. The molecule has 0 N–H and O–H groups in total. The van der Waals surface area contributed by atoms with Gasteiger partial charge in [-0.3, -0.25) is 9.59 Å². The second kappa shape index (κ2) is 6.62. The number of likely N-dealkylation sites (tertiary alicyclic amines) is 2. The number of hydrogen-bond acceptors (Lipinski definition) is 5. The Hall–Kier alpha value is -2.16. The highest BCUT2D eigenvalue weighted by Gasteiger charge is 2.57. The summed E-state index contributed by atoms with van der Waals surface area (Å²) >= 11 is 0. The smallest absolute Gasteiger partial charge is 0.266 e. The maximum atomic E-state index is 14.4. The fraction of sp³-hybridized carbons (Fsp3) is 0.625. The zero-order valence-corrected chi connectivity index (χ0v) is 14.0. The number of ether oxygens (including phenoxy) is 1. The molecule has 3 rings (SSSR count). The van der Waals surface area contributed by atoms with E-state index in [2.05, 4.69) is 10.2 Å². The number of rotatable bonds is 4. The Morgan fingerprint density at radius 2 is 2.16 bits per heavy atom. The lowest BCUT2D eigenvalue weighted by Crippen LogP contribution is -2.57. The number of halogens is 2. The summed E-state index contributed by atoms with van der Waals surface area (Å²) in [4.78, 5) is 27.9. The quantitative estimate of drug-likeness (QED) is 0.800. The van der Waals surface area contributed by atoms with Gasteiger partial charge in [0.25, 0.3) is 11.8 Å². The summed E-state index contributed by atoms with van der Waals surface area (Å²) in [5, 5.41) is 7.19. The molecular formula is C16H20F2N4O3. The minimum Gasteiger partial charge on any atom is -0.383 e. The van der Waals surface area contributed by atoms with Crippen molar-refractivity contribution >= 4 is 11.8 Å². The first kappa shape index (κ1) is 17.7. The van der Waals surface area contributed by atoms with Gasteiger partial charge in [-0.15, -0.1) is 0 Å². The minimum absolute atomic E-state index is 0.00788. The van der Waals surface area contributed by atoms with Gasteiger partial charge in [-0.1, -0.05) is 0 Å². The summed E-state index contributed by atoms with van der Waals surface area (Å²) in [5.41, 5.74) is -1.05. The topological polar surface area (TPSA) is 75.6 Å². The molecule has 3 heterocycles. The Kier molecular flexibility index (Phi) is 4.68. The highest BCUT2D eigenvalue weighted by atomic mass is 19.3. The lowest BCUT2D eigenvalue weighted by atomic mass is 9.76. The van der Waals surface area contributed by atoms with Crippen LogP contribution in [0.3, 0.4) is 0 Å². The molecule has 0 aliphatic carbocycles. The van der Waals surface area contributed by atoms with Crippen molar-refractivity contribution in [2.24, 2.45) is 5.41 Å². The predicted octanol–water partition coefficient (Wildman–Crippen LogP) is 0.823. The van der Waals surface area contributed by atoms with Crippen LogP contribution >= 0.6 is 0 Å². The summed E-state index contributed by atoms with van der Waals surface area (Å²) in [6, 6.07) is 1.43. The maximum Gasteiger partial charge on any atom is 0.266 e. The van der Waals surface area contributed by atoms with Gasteiger partial charge in [0.2, 0.25) is 5.91 Å². The summed E-state index contributed by atoms with van der Waals surface area (Å²) in [6.45, 7) is 0.416. The first-order valence-electron chi connectivity index (χ1n) is 8.09. The van der Waals surface area contributed by atoms with Crippen LogP contribution in [0.15, 0.2) is 18.5 Å². The predicted molar refractivity (Wildman–Crippen MR) is 83.0 cm³/mol. The number of aromatic nitrogens is 2. The van der Waals surface area contributed by atoms with Crippen LogP contribution in [0.4, 0.5) is 8.78 Å². The maximum absolute atomic E-state index is 14.4. The van der Waals surface area contributed by atoms with Crippen LogP contribution in [-0.4, -0.2) is 77.6 Å². The lowest BCUT2D eigenvalue weighted by Gasteiger charge is -2.42. The first-order valence-corrected chi connectivity index (χ1v) is 8.09. The van der Waals surface area contributed by atoms with Gasteiger partial charge < -0.3 is 14.5 Å². The van der Waals surface area contributed by atoms with Gasteiger partial charge in [-0.25, -0.2) is 8.78 Å². The third-order valence-electron chi connectivity index (χ3n) is 4.80. The second-order valence-corrected chi connectivity index (χ2v) is 6.64. The number of nitrogens with zero attached hydrogens (tertiary/aromatic N) is 4. The molecule has 25 heavy (non-hydrogen) atoms. The Morgan fingerprint density at radius 1 is 1.36 bits per heavy atom. The van der Waals surface area contributed by atoms with E-state index in [1.54, 1.807) is 4.90 Å². The standard InChI is InChI=1S/C16H20F2N4O3/c1-25-7-6-21-5-3-15(14(21)24)9-16(17,18)11-22(10-15)13(23)12-2-4-19-20-8-12/h2,4,8H,3,5-7,9-11H2,1H3/t15-/m1/s1. The van der Waals surface area contributed by atoms with E-state index in [4.69, 9.17) is 4.74 Å². The molecule has 7 nitrogen and oxygen atoms in total. The molecule has 2 aliphatic rings. The summed E-state index contributed by atoms with van der Waals surface area (Å²) in [5.74, 6) is -3.99. The largest absolute Gasteiger partial charge is 0.383 e. The molecule has 2 aliphatic heterocycles. The molecule has 0 aromatic carbocycles. The average Bonchev–Trinajstić information content (AvgIpc) is 2.87. The van der Waals surface area contributed by atoms with Crippen molar-refractivity contribution in [1.29, 1.82) is 0 Å². The van der Waals surface area contributed by atoms with Crippen molar-refractivity contribution in [3.8, 4) is 0 Å². The summed E-state index contributed by atoms with van der Waals surface area (Å²) in [7, 11) is 1.52. The Morgan fingerprint density at radius 3 is 2.84 bits per heavy atom. The number of carbonyl (C=O) groups excluding carboxylic acids is 2. The van der Waals surface area contributed by atoms with E-state index < -0.39 is 30.2 Å². The van der Waals surface area contributed by atoms with Crippen molar-refractivity contribution in [3.63, 3.8) is 0 Å². The van der Waals surface area contributed by atoms with Crippen LogP contribution in [0, 0.1) is 5.41 Å². The molecule has 0 saturated carbocycles. The summed E-state index contributed by atoms with van der Waals surface area (Å²) < 4.78 is 33.7. The second-order valence-electron chi connectivity index (χ2n) is 6.64. The fourth-order valence-corrected chi connectivity index (χ4v) is 3.67. The molecule has 1 spiro atoms. The van der Waals surface area contributed by atoms with Crippen LogP contribution < -0.4 is 0 Å². The van der Waals surface area contributed by atoms with Crippen molar-refractivity contribution in [2.45, 2.75) is 18.8 Å². The number of amides is 2. The van der Waals surface area contributed by atoms with E-state index in [9.17, 15) is 18.4 Å². The van der Waals surface area contributed by atoms with Crippen LogP contribution in [0.2, 0.25) is 0 Å². The zero-order chi connectivity index (χ0) is 18.1. The van der Waals surface area contributed by atoms with Gasteiger partial charge in [0.15, 0.2) is 0 Å². The van der Waals surface area contributed by atoms with E-state index in [1.165, 1.54) is 25.6 Å². The number of carbonyl (C=O) groups is 2. The third kappa shape index (κ3) is 3.46. The Balaban J connectivity index is 1.82. The molecule has 0 radical (unpaired) electrons. The molecule has 1 aromatic rings. The monoisotopic (exact) mass is 354 g/mol. The van der Waals surface area contributed by atoms with Crippen molar-refractivity contribution in [1.82, 2.24) is 20.0 Å². The molecule has 1 atom stereocenters. The van der Waals surface area contributed by atoms with E-state index in [-0.39, 0.29) is 18.0 Å². The van der Waals surface area contributed by atoms with E-state index in [1.807, 2.05) is 0 Å². The molecule has 9 heteroatoms. The molecule has 2 saturated heterocycles. The molecule has 0 unspecified atom stereocenters. The van der Waals surface area contributed by atoms with Crippen LogP contribution in [0.25, 0.3) is 0 Å². The van der Waals surface area contributed by atoms with Crippen molar-refractivity contribution < 1.29 is 23.1 Å². The molecule has 2 amide bonds. The minimum atomic E-state index is -3.11. The third-order valence-corrected chi connectivity index (χ3v) is 4.80. The number of hydrogen-bond donors (Lipinski definition) is 0. The van der Waals surface area contributed by atoms with Crippen LogP contribution in [0.1, 0.15) is 23.2 Å². The number of alkyl halides is 2. The van der Waals surface area contributed by atoms with Crippen molar-refractivity contribution in [2.75, 3.05) is 39.9 Å². The highest BCUT2D eigenvalue weighted by Crippen LogP contribution is 2.45. The molecule has 1 aromatic heterocycles. The highest BCUT2D eigenvalue weighted by molar-refractivity contribution is 5.95. The van der Waals surface area contributed by atoms with Crippen LogP contribution in [0.5, 0.6) is 0 Å². The van der Waals surface area contributed by atoms with Gasteiger partial charge >= 0.3 is 0 Å². The number of methoxy groups -OCH3 is 1. The molecule has 0 bridgehead atoms. The van der Waals surface area contributed by atoms with E-state index in [0.717, 1.165) is 4.90 Å². The molecule has 136 valence electrons. The zero-order valence-electron chi connectivity index (χ0n) is 14.0. The lowest BCUT2D eigenvalue weighted by molar-refractivity contribution is -0.151. The van der Waals surface area contributed by atoms with E-state index in [0.29, 0.717) is 26.1 Å². The van der Waals surface area contributed by atoms with Crippen LogP contribution in [-0.2, 0) is 9.53 Å². The van der Waals surface area contributed by atoms with Gasteiger partial charge in [-0.05, 0) is 12.5 Å². The van der Waals surface area contributed by atoms with Gasteiger partial charge in [0.1, 0.15) is 0 Å². The summed E-state index contributed by atoms with van der Waals surface area (Å²) in [6.07, 6.45) is 2.35. The SMILES string of the molecule is COCCN1CC[C@@]2(CN(C(=O)c3ccnnc3)CC(F)(F)C2)C1=O. The Labute approximate surface area is 143 Å². The van der Waals surface area contributed by atoms with Gasteiger partial charge in [0.05, 0.1) is 36.5 Å². The fourth-order valence-electron chi connectivity index (χ4n) is 3.67. The van der Waals surface area contributed by atoms with Gasteiger partial charge in [0, 0.05) is 33.2 Å². The van der Waals surface area contributed by atoms with E-state index >= 15 is 0 Å². The molecular weight excluding hydrogens is 334 g/mol. The Bertz CT molecular complexity index is 658. The molecule has 2 fully saturated rings. The normalized spacial score (nSPS) is 25.6. The first-order chi connectivity index (χ1) is 11.9. The number of piperidine rings is 1. The van der Waals surface area contributed by atoms with Gasteiger partial charge in [-0.2, -0.15) is 10.2 Å².